The van der Waals surface area contributed by atoms with E-state index in [1.165, 1.54) is 22.8 Å². The van der Waals surface area contributed by atoms with Crippen LogP contribution in [-0.4, -0.2) is 40.4 Å². The SMILES string of the molecule is O=C(c1cn(C(=O)c2cccc(F)c2)c2cc(Cl)ccc12)N1CCC(N2[CH]Nc3ccccc32)CC1. The molecule has 2 aliphatic rings. The van der Waals surface area contributed by atoms with Crippen molar-refractivity contribution in [3.63, 3.8) is 0 Å². The van der Waals surface area contributed by atoms with Gasteiger partial charge >= 0.3 is 0 Å². The van der Waals surface area contributed by atoms with E-state index in [0.717, 1.165) is 24.2 Å². The summed E-state index contributed by atoms with van der Waals surface area (Å²) in [7, 11) is 0. The number of benzene rings is 3. The molecule has 0 atom stereocenters. The van der Waals surface area contributed by atoms with Gasteiger partial charge in [0.1, 0.15) is 12.5 Å². The van der Waals surface area contributed by atoms with E-state index in [9.17, 15) is 14.0 Å². The summed E-state index contributed by atoms with van der Waals surface area (Å²) in [6, 6.07) is 19.1. The van der Waals surface area contributed by atoms with Crippen LogP contribution < -0.4 is 10.2 Å². The number of piperidine rings is 1. The van der Waals surface area contributed by atoms with Crippen molar-refractivity contribution in [3.05, 3.63) is 102 Å². The lowest BCUT2D eigenvalue weighted by molar-refractivity contribution is 0.0715. The molecule has 0 bridgehead atoms. The van der Waals surface area contributed by atoms with Crippen LogP contribution in [0.2, 0.25) is 5.02 Å². The number of nitrogens with zero attached hydrogens (tertiary/aromatic N) is 3. The predicted molar refractivity (Wildman–Crippen MR) is 139 cm³/mol. The Morgan fingerprint density at radius 3 is 2.56 bits per heavy atom. The fourth-order valence-corrected chi connectivity index (χ4v) is 5.31. The number of likely N-dealkylation sites (tertiary alicyclic amines) is 1. The molecule has 1 N–H and O–H groups in total. The number of para-hydroxylation sites is 2. The second-order valence-electron chi connectivity index (χ2n) is 9.11. The highest BCUT2D eigenvalue weighted by atomic mass is 35.5. The van der Waals surface area contributed by atoms with Gasteiger partial charge in [0.2, 0.25) is 0 Å². The van der Waals surface area contributed by atoms with E-state index in [-0.39, 0.29) is 11.5 Å². The molecule has 1 radical (unpaired) electrons. The molecule has 0 aliphatic carbocycles. The maximum absolute atomic E-state index is 13.8. The number of nitrogens with one attached hydrogen (secondary N) is 1. The molecule has 1 fully saturated rings. The molecule has 2 aliphatic heterocycles. The molecule has 3 heterocycles. The smallest absolute Gasteiger partial charge is 0.262 e. The van der Waals surface area contributed by atoms with Gasteiger partial charge in [-0.05, 0) is 55.3 Å². The standard InChI is InChI=1S/C28H23ClFN4O2/c29-19-8-9-22-23(16-33(26(22)15-19)27(35)18-4-3-5-20(30)14-18)28(36)32-12-10-21(11-13-32)34-17-31-24-6-1-2-7-25(24)34/h1-9,14-17,21,31H,10-13H2. The number of carbonyl (C=O) groups is 2. The number of fused-ring (bicyclic) bond motifs is 2. The predicted octanol–water partition coefficient (Wildman–Crippen LogP) is 5.78. The average Bonchev–Trinajstić information content (AvgIpc) is 3.50. The largest absolute Gasteiger partial charge is 0.360 e. The van der Waals surface area contributed by atoms with Gasteiger partial charge in [0.25, 0.3) is 11.8 Å². The van der Waals surface area contributed by atoms with Crippen LogP contribution in [0, 0.1) is 12.5 Å². The van der Waals surface area contributed by atoms with Crippen LogP contribution in [0.4, 0.5) is 15.8 Å². The van der Waals surface area contributed by atoms with Crippen LogP contribution in [0.25, 0.3) is 10.9 Å². The quantitative estimate of drug-likeness (QED) is 0.387. The Morgan fingerprint density at radius 1 is 0.944 bits per heavy atom. The van der Waals surface area contributed by atoms with Crippen molar-refractivity contribution >= 4 is 45.7 Å². The lowest BCUT2D eigenvalue weighted by Crippen LogP contribution is -2.45. The third-order valence-electron chi connectivity index (χ3n) is 6.97. The number of amides is 1. The first-order valence-electron chi connectivity index (χ1n) is 11.9. The fourth-order valence-electron chi connectivity index (χ4n) is 5.15. The maximum Gasteiger partial charge on any atom is 0.262 e. The van der Waals surface area contributed by atoms with Crippen LogP contribution in [0.1, 0.15) is 33.6 Å². The molecule has 4 aromatic rings. The molecule has 1 saturated heterocycles. The van der Waals surface area contributed by atoms with Gasteiger partial charge in [-0.3, -0.25) is 14.2 Å². The minimum atomic E-state index is -0.498. The van der Waals surface area contributed by atoms with Crippen molar-refractivity contribution in [2.24, 2.45) is 0 Å². The molecule has 8 heteroatoms. The Hall–Kier alpha value is -3.84. The molecule has 181 valence electrons. The minimum Gasteiger partial charge on any atom is -0.360 e. The van der Waals surface area contributed by atoms with Gasteiger partial charge in [-0.1, -0.05) is 35.9 Å². The first kappa shape index (κ1) is 22.6. The molecular weight excluding hydrogens is 479 g/mol. The van der Waals surface area contributed by atoms with Crippen LogP contribution in [-0.2, 0) is 0 Å². The van der Waals surface area contributed by atoms with Gasteiger partial charge in [-0.2, -0.15) is 0 Å². The van der Waals surface area contributed by atoms with Crippen molar-refractivity contribution in [2.45, 2.75) is 18.9 Å². The number of carbonyl (C=O) groups excluding carboxylic acids is 2. The van der Waals surface area contributed by atoms with E-state index in [1.54, 1.807) is 30.5 Å². The zero-order valence-electron chi connectivity index (χ0n) is 19.3. The third-order valence-corrected chi connectivity index (χ3v) is 7.21. The summed E-state index contributed by atoms with van der Waals surface area (Å²) in [5, 5.41) is 4.40. The molecule has 3 aromatic carbocycles. The Labute approximate surface area is 212 Å². The summed E-state index contributed by atoms with van der Waals surface area (Å²) in [5.41, 5.74) is 3.39. The lowest BCUT2D eigenvalue weighted by atomic mass is 10.0. The highest BCUT2D eigenvalue weighted by molar-refractivity contribution is 6.31. The number of aromatic nitrogens is 1. The van der Waals surface area contributed by atoms with Gasteiger partial charge in [0, 0.05) is 41.3 Å². The van der Waals surface area contributed by atoms with Crippen molar-refractivity contribution in [1.29, 1.82) is 0 Å². The summed E-state index contributed by atoms with van der Waals surface area (Å²) in [6.07, 6.45) is 3.20. The van der Waals surface area contributed by atoms with Crippen LogP contribution in [0.3, 0.4) is 0 Å². The highest BCUT2D eigenvalue weighted by Crippen LogP contribution is 2.37. The number of halogens is 2. The second-order valence-corrected chi connectivity index (χ2v) is 9.55. The summed E-state index contributed by atoms with van der Waals surface area (Å²) >= 11 is 6.23. The second kappa shape index (κ2) is 8.99. The summed E-state index contributed by atoms with van der Waals surface area (Å²) < 4.78 is 15.2. The van der Waals surface area contributed by atoms with Gasteiger partial charge in [-0.25, -0.2) is 4.39 Å². The molecule has 0 spiro atoms. The van der Waals surface area contributed by atoms with E-state index in [0.29, 0.717) is 40.6 Å². The summed E-state index contributed by atoms with van der Waals surface area (Å²) in [5.74, 6) is -1.05. The van der Waals surface area contributed by atoms with Crippen LogP contribution in [0.15, 0.2) is 72.9 Å². The maximum atomic E-state index is 13.8. The van der Waals surface area contributed by atoms with Crippen LogP contribution >= 0.6 is 11.6 Å². The average molecular weight is 502 g/mol. The van der Waals surface area contributed by atoms with Gasteiger partial charge in [0.05, 0.1) is 22.5 Å². The Morgan fingerprint density at radius 2 is 1.75 bits per heavy atom. The Balaban J connectivity index is 1.26. The van der Waals surface area contributed by atoms with Gasteiger partial charge < -0.3 is 15.1 Å². The van der Waals surface area contributed by atoms with Gasteiger partial charge in [-0.15, -0.1) is 0 Å². The van der Waals surface area contributed by atoms with E-state index in [2.05, 4.69) is 22.3 Å². The van der Waals surface area contributed by atoms with Crippen molar-refractivity contribution in [2.75, 3.05) is 23.3 Å². The normalized spacial score (nSPS) is 15.7. The molecule has 1 aromatic heterocycles. The highest BCUT2D eigenvalue weighted by Gasteiger charge is 2.32. The number of rotatable bonds is 3. The molecule has 1 amide bonds. The fraction of sp³-hybridized carbons (Fsp3) is 0.179. The first-order chi connectivity index (χ1) is 17.5. The molecular formula is C28H23ClFN4O2. The summed E-state index contributed by atoms with van der Waals surface area (Å²) in [4.78, 5) is 31.0. The topological polar surface area (TPSA) is 57.6 Å². The van der Waals surface area contributed by atoms with E-state index < -0.39 is 11.7 Å². The Bertz CT molecular complexity index is 1490. The van der Waals surface area contributed by atoms with Crippen molar-refractivity contribution in [1.82, 2.24) is 9.47 Å². The van der Waals surface area contributed by atoms with E-state index in [4.69, 9.17) is 11.6 Å². The van der Waals surface area contributed by atoms with E-state index in [1.807, 2.05) is 23.7 Å². The van der Waals surface area contributed by atoms with Gasteiger partial charge in [0.15, 0.2) is 0 Å². The Kier molecular flexibility index (Phi) is 5.64. The lowest BCUT2D eigenvalue weighted by Gasteiger charge is -2.37. The van der Waals surface area contributed by atoms with E-state index >= 15 is 0 Å². The first-order valence-corrected chi connectivity index (χ1v) is 12.2. The van der Waals surface area contributed by atoms with Crippen molar-refractivity contribution < 1.29 is 14.0 Å². The molecule has 6 nitrogen and oxygen atoms in total. The third kappa shape index (κ3) is 3.89. The molecule has 0 unspecified atom stereocenters. The molecule has 6 rings (SSSR count). The van der Waals surface area contributed by atoms with Crippen molar-refractivity contribution in [3.8, 4) is 0 Å². The summed E-state index contributed by atoms with van der Waals surface area (Å²) in [6.45, 7) is 3.21. The monoisotopic (exact) mass is 501 g/mol. The minimum absolute atomic E-state index is 0.129. The number of anilines is 2. The number of hydrogen-bond donors (Lipinski definition) is 1. The van der Waals surface area contributed by atoms with Crippen LogP contribution in [0.5, 0.6) is 0 Å². The zero-order chi connectivity index (χ0) is 24.8. The number of hydrogen-bond acceptors (Lipinski definition) is 4. The molecule has 36 heavy (non-hydrogen) atoms. The molecule has 0 saturated carbocycles. The zero-order valence-corrected chi connectivity index (χ0v) is 20.1.